The normalized spacial score (nSPS) is 23.4. The molecule has 0 aromatic carbocycles. The number of rotatable bonds is 5. The van der Waals surface area contributed by atoms with Crippen LogP contribution < -0.4 is 9.80 Å². The van der Waals surface area contributed by atoms with E-state index in [4.69, 9.17) is 21.3 Å². The summed E-state index contributed by atoms with van der Waals surface area (Å²) in [5.41, 5.74) is 0.363. The van der Waals surface area contributed by atoms with Crippen LogP contribution in [0.2, 0.25) is 5.02 Å². The van der Waals surface area contributed by atoms with Crippen LogP contribution in [0.25, 0.3) is 0 Å². The molecule has 1 N–H and O–H groups in total. The summed E-state index contributed by atoms with van der Waals surface area (Å²) in [7, 11) is 0. The molecule has 178 valence electrons. The number of aliphatic hydroxyl groups excluding tert-OH is 1. The van der Waals surface area contributed by atoms with Gasteiger partial charge in [0.1, 0.15) is 16.7 Å². The van der Waals surface area contributed by atoms with E-state index in [1.54, 1.807) is 6.20 Å². The topological polar surface area (TPSA) is 74.6 Å². The molecule has 3 aliphatic rings. The standard InChI is InChI=1S/C24H32ClN5O2S/c1-17-12-24(16-32-17)5-10-29(11-6-24)20-13-28-21(14-27-20)33-19-2-7-26-23(22(19)25)30-8-3-18(15-31)4-9-30/h2,7,13-14,17-18,31H,3-6,8-12,15-16H2,1H3/t17-/m0/s1. The Morgan fingerprint density at radius 3 is 2.55 bits per heavy atom. The van der Waals surface area contributed by atoms with Gasteiger partial charge in [0.15, 0.2) is 0 Å². The summed E-state index contributed by atoms with van der Waals surface area (Å²) in [6.45, 7) is 7.07. The molecule has 0 saturated carbocycles. The van der Waals surface area contributed by atoms with E-state index >= 15 is 0 Å². The fourth-order valence-electron chi connectivity index (χ4n) is 5.29. The third-order valence-corrected chi connectivity index (χ3v) is 8.84. The van der Waals surface area contributed by atoms with Crippen molar-refractivity contribution in [3.05, 3.63) is 29.7 Å². The summed E-state index contributed by atoms with van der Waals surface area (Å²) < 4.78 is 5.85. The van der Waals surface area contributed by atoms with Crippen molar-refractivity contribution in [1.82, 2.24) is 15.0 Å². The lowest BCUT2D eigenvalue weighted by Gasteiger charge is -2.38. The summed E-state index contributed by atoms with van der Waals surface area (Å²) in [5.74, 6) is 2.14. The van der Waals surface area contributed by atoms with Crippen molar-refractivity contribution >= 4 is 35.0 Å². The fourth-order valence-corrected chi connectivity index (χ4v) is 6.38. The van der Waals surface area contributed by atoms with Crippen LogP contribution in [-0.4, -0.2) is 65.6 Å². The highest BCUT2D eigenvalue weighted by atomic mass is 35.5. The Hall–Kier alpha value is -1.61. The van der Waals surface area contributed by atoms with E-state index in [9.17, 15) is 5.11 Å². The zero-order valence-electron chi connectivity index (χ0n) is 19.1. The van der Waals surface area contributed by atoms with Crippen LogP contribution in [0.1, 0.15) is 39.0 Å². The Bertz CT molecular complexity index is 946. The second-order valence-corrected chi connectivity index (χ2v) is 11.1. The molecule has 0 unspecified atom stereocenters. The molecule has 0 amide bonds. The Morgan fingerprint density at radius 2 is 1.91 bits per heavy atom. The van der Waals surface area contributed by atoms with Gasteiger partial charge in [-0.2, -0.15) is 0 Å². The van der Waals surface area contributed by atoms with Crippen molar-refractivity contribution in [2.45, 2.75) is 55.1 Å². The lowest BCUT2D eigenvalue weighted by atomic mass is 9.77. The predicted octanol–water partition coefficient (Wildman–Crippen LogP) is 4.28. The van der Waals surface area contributed by atoms with Gasteiger partial charge in [-0.3, -0.25) is 0 Å². The van der Waals surface area contributed by atoms with Gasteiger partial charge in [-0.1, -0.05) is 23.4 Å². The summed E-state index contributed by atoms with van der Waals surface area (Å²) in [6, 6.07) is 1.93. The van der Waals surface area contributed by atoms with Crippen LogP contribution >= 0.6 is 23.4 Å². The Kier molecular flexibility index (Phi) is 6.97. The van der Waals surface area contributed by atoms with Crippen LogP contribution in [0.15, 0.2) is 34.6 Å². The number of nitrogens with zero attached hydrogens (tertiary/aromatic N) is 5. The van der Waals surface area contributed by atoms with Gasteiger partial charge in [-0.15, -0.1) is 0 Å². The summed E-state index contributed by atoms with van der Waals surface area (Å²) >= 11 is 8.26. The number of hydrogen-bond donors (Lipinski definition) is 1. The van der Waals surface area contributed by atoms with Gasteiger partial charge in [-0.05, 0) is 56.4 Å². The minimum absolute atomic E-state index is 0.255. The Labute approximate surface area is 204 Å². The zero-order chi connectivity index (χ0) is 22.8. The monoisotopic (exact) mass is 489 g/mol. The molecule has 2 aromatic rings. The second kappa shape index (κ2) is 9.94. The lowest BCUT2D eigenvalue weighted by molar-refractivity contribution is 0.0976. The first-order valence-electron chi connectivity index (χ1n) is 11.9. The molecule has 3 saturated heterocycles. The number of pyridine rings is 1. The van der Waals surface area contributed by atoms with Crippen LogP contribution in [0.4, 0.5) is 11.6 Å². The van der Waals surface area contributed by atoms with Gasteiger partial charge in [0.05, 0.1) is 30.1 Å². The van der Waals surface area contributed by atoms with E-state index in [2.05, 4.69) is 26.7 Å². The Morgan fingerprint density at radius 1 is 1.12 bits per heavy atom. The van der Waals surface area contributed by atoms with E-state index in [0.29, 0.717) is 22.5 Å². The first-order chi connectivity index (χ1) is 16.0. The number of halogens is 1. The number of aromatic nitrogens is 3. The highest BCUT2D eigenvalue weighted by molar-refractivity contribution is 7.99. The van der Waals surface area contributed by atoms with E-state index in [1.807, 2.05) is 18.5 Å². The molecule has 0 aliphatic carbocycles. The molecule has 1 atom stereocenters. The van der Waals surface area contributed by atoms with E-state index in [-0.39, 0.29) is 6.61 Å². The lowest BCUT2D eigenvalue weighted by Crippen LogP contribution is -2.41. The van der Waals surface area contributed by atoms with Crippen LogP contribution in [0.5, 0.6) is 0 Å². The van der Waals surface area contributed by atoms with Gasteiger partial charge in [0.2, 0.25) is 0 Å². The molecule has 2 aromatic heterocycles. The minimum atomic E-state index is 0.255. The molecule has 0 bridgehead atoms. The summed E-state index contributed by atoms with van der Waals surface area (Å²) in [5, 5.41) is 10.9. The first-order valence-corrected chi connectivity index (χ1v) is 13.1. The third kappa shape index (κ3) is 5.09. The van der Waals surface area contributed by atoms with E-state index in [1.165, 1.54) is 18.2 Å². The maximum Gasteiger partial charge on any atom is 0.148 e. The molecule has 1 spiro atoms. The molecule has 5 heterocycles. The quantitative estimate of drug-likeness (QED) is 0.667. The maximum absolute atomic E-state index is 9.39. The largest absolute Gasteiger partial charge is 0.396 e. The average Bonchev–Trinajstić information content (AvgIpc) is 3.21. The maximum atomic E-state index is 9.39. The van der Waals surface area contributed by atoms with Crippen molar-refractivity contribution < 1.29 is 9.84 Å². The van der Waals surface area contributed by atoms with Crippen LogP contribution in [-0.2, 0) is 4.74 Å². The molecular formula is C24H32ClN5O2S. The SMILES string of the molecule is C[C@H]1CC2(CCN(c3cnc(Sc4ccnc(N5CCC(CO)CC5)c4Cl)cn3)CC2)CO1. The van der Waals surface area contributed by atoms with Crippen molar-refractivity contribution in [2.75, 3.05) is 49.2 Å². The van der Waals surface area contributed by atoms with Crippen molar-refractivity contribution in [2.24, 2.45) is 11.3 Å². The highest BCUT2D eigenvalue weighted by Gasteiger charge is 2.41. The van der Waals surface area contributed by atoms with Gasteiger partial charge >= 0.3 is 0 Å². The van der Waals surface area contributed by atoms with Gasteiger partial charge in [0, 0.05) is 43.9 Å². The fraction of sp³-hybridized carbons (Fsp3) is 0.625. The number of ether oxygens (including phenoxy) is 1. The number of hydrogen-bond acceptors (Lipinski definition) is 8. The summed E-state index contributed by atoms with van der Waals surface area (Å²) in [6.07, 6.45) is 11.3. The van der Waals surface area contributed by atoms with Gasteiger partial charge < -0.3 is 19.6 Å². The minimum Gasteiger partial charge on any atom is -0.396 e. The number of aliphatic hydroxyl groups is 1. The highest BCUT2D eigenvalue weighted by Crippen LogP contribution is 2.42. The third-order valence-electron chi connectivity index (χ3n) is 7.38. The number of piperidine rings is 2. The van der Waals surface area contributed by atoms with Gasteiger partial charge in [-0.25, -0.2) is 15.0 Å². The van der Waals surface area contributed by atoms with Crippen molar-refractivity contribution in [3.63, 3.8) is 0 Å². The van der Waals surface area contributed by atoms with Crippen LogP contribution in [0.3, 0.4) is 0 Å². The first kappa shape index (κ1) is 23.1. The zero-order valence-corrected chi connectivity index (χ0v) is 20.7. The summed E-state index contributed by atoms with van der Waals surface area (Å²) in [4.78, 5) is 19.4. The van der Waals surface area contributed by atoms with Gasteiger partial charge in [0.25, 0.3) is 0 Å². The molecule has 3 fully saturated rings. The van der Waals surface area contributed by atoms with E-state index in [0.717, 1.165) is 80.0 Å². The second-order valence-electron chi connectivity index (χ2n) is 9.69. The molecule has 0 radical (unpaired) electrons. The average molecular weight is 490 g/mol. The van der Waals surface area contributed by atoms with Crippen molar-refractivity contribution in [3.8, 4) is 0 Å². The molecule has 33 heavy (non-hydrogen) atoms. The molecule has 3 aliphatic heterocycles. The Balaban J connectivity index is 1.21. The number of anilines is 2. The molecule has 9 heteroatoms. The predicted molar refractivity (Wildman–Crippen MR) is 131 cm³/mol. The van der Waals surface area contributed by atoms with Crippen LogP contribution in [0, 0.1) is 11.3 Å². The van der Waals surface area contributed by atoms with Crippen molar-refractivity contribution in [1.29, 1.82) is 0 Å². The molecule has 7 nitrogen and oxygen atoms in total. The smallest absolute Gasteiger partial charge is 0.148 e. The molecule has 5 rings (SSSR count). The molecular weight excluding hydrogens is 458 g/mol. The van der Waals surface area contributed by atoms with E-state index < -0.39 is 0 Å².